The highest BCUT2D eigenvalue weighted by Gasteiger charge is 2.16. The van der Waals surface area contributed by atoms with Crippen molar-refractivity contribution in [3.8, 4) is 5.75 Å². The van der Waals surface area contributed by atoms with E-state index in [1.165, 1.54) is 0 Å². The molecule has 0 aromatic heterocycles. The van der Waals surface area contributed by atoms with E-state index < -0.39 is 11.9 Å². The largest absolute Gasteiger partial charge is 0.423 e. The molecule has 0 bridgehead atoms. The first kappa shape index (κ1) is 27.2. The lowest BCUT2D eigenvalue weighted by atomic mass is 9.98. The molecule has 0 saturated heterocycles. The highest BCUT2D eigenvalue weighted by Crippen LogP contribution is 2.30. The number of nitrogens with one attached hydrogen (secondary N) is 2. The lowest BCUT2D eigenvalue weighted by Gasteiger charge is -2.13. The number of aliphatic imine (C=N–C) groups is 1. The molecule has 174 valence electrons. The lowest BCUT2D eigenvalue weighted by molar-refractivity contribution is -0.117. The monoisotopic (exact) mass is 490 g/mol. The molecule has 3 aromatic carbocycles. The molecule has 0 spiro atoms. The van der Waals surface area contributed by atoms with E-state index in [1.807, 2.05) is 0 Å². The summed E-state index contributed by atoms with van der Waals surface area (Å²) in [4.78, 5) is 28.1. The fourth-order valence-corrected chi connectivity index (χ4v) is 3.05. The molecule has 9 nitrogen and oxygen atoms in total. The molecular formula is C22H24Cl2N6O3. The third-order valence-electron chi connectivity index (χ3n) is 4.59. The number of amides is 1. The Morgan fingerprint density at radius 1 is 0.970 bits per heavy atom. The number of guanidine groups is 1. The molecule has 0 radical (unpaired) electrons. The van der Waals surface area contributed by atoms with Crippen molar-refractivity contribution in [2.24, 2.45) is 22.2 Å². The lowest BCUT2D eigenvalue weighted by Crippen LogP contribution is -2.22. The molecule has 0 aliphatic rings. The number of nitrogens with zero attached hydrogens (tertiary/aromatic N) is 1. The maximum atomic E-state index is 12.7. The number of anilines is 1. The van der Waals surface area contributed by atoms with Gasteiger partial charge in [-0.25, -0.2) is 4.79 Å². The number of carbonyl (C=O) groups is 2. The summed E-state index contributed by atoms with van der Waals surface area (Å²) >= 11 is 0. The first-order valence-corrected chi connectivity index (χ1v) is 9.28. The van der Waals surface area contributed by atoms with Crippen molar-refractivity contribution < 1.29 is 14.3 Å². The summed E-state index contributed by atoms with van der Waals surface area (Å²) in [7, 11) is 1.56. The Morgan fingerprint density at radius 3 is 2.18 bits per heavy atom. The second kappa shape index (κ2) is 11.7. The number of fused-ring (bicyclic) bond motifs is 1. The molecule has 0 saturated carbocycles. The zero-order chi connectivity index (χ0) is 22.5. The summed E-state index contributed by atoms with van der Waals surface area (Å²) in [6, 6.07) is 14.9. The van der Waals surface area contributed by atoms with E-state index in [4.69, 9.17) is 27.3 Å². The van der Waals surface area contributed by atoms with Gasteiger partial charge in [-0.1, -0.05) is 18.2 Å². The number of nitrogens with two attached hydrogens (primary N) is 3. The number of rotatable bonds is 6. The Bertz CT molecular complexity index is 1210. The smallest absolute Gasteiger partial charge is 0.343 e. The fourth-order valence-electron chi connectivity index (χ4n) is 3.05. The molecule has 0 atom stereocenters. The fraction of sp³-hybridized carbons (Fsp3) is 0.0909. The van der Waals surface area contributed by atoms with Crippen molar-refractivity contribution in [3.05, 3.63) is 71.3 Å². The maximum absolute atomic E-state index is 12.7. The van der Waals surface area contributed by atoms with E-state index >= 15 is 0 Å². The zero-order valence-corrected chi connectivity index (χ0v) is 19.3. The number of primary amides is 1. The molecule has 0 heterocycles. The molecule has 1 amide bonds. The molecule has 0 fully saturated rings. The minimum Gasteiger partial charge on any atom is -0.423 e. The summed E-state index contributed by atoms with van der Waals surface area (Å²) in [5.74, 6) is -0.745. The second-order valence-corrected chi connectivity index (χ2v) is 6.74. The van der Waals surface area contributed by atoms with Crippen LogP contribution < -0.4 is 27.3 Å². The Balaban J connectivity index is 0.00000272. The van der Waals surface area contributed by atoms with Crippen LogP contribution >= 0.6 is 24.8 Å². The molecule has 3 rings (SSSR count). The van der Waals surface area contributed by atoms with Crippen LogP contribution in [0.2, 0.25) is 0 Å². The van der Waals surface area contributed by atoms with Crippen LogP contribution in [0.1, 0.15) is 21.5 Å². The SMILES string of the molecule is CN=C(N)Nc1ccc(C(=O)Oc2ccc3cc(C(=N)N)ccc3c2CC(N)=O)cc1.Cl.Cl. The van der Waals surface area contributed by atoms with E-state index in [2.05, 4.69) is 10.3 Å². The first-order chi connectivity index (χ1) is 14.8. The third-order valence-corrected chi connectivity index (χ3v) is 4.59. The quantitative estimate of drug-likeness (QED) is 0.154. The van der Waals surface area contributed by atoms with Crippen molar-refractivity contribution in [2.75, 3.05) is 12.4 Å². The Hall–Kier alpha value is -3.82. The van der Waals surface area contributed by atoms with Crippen molar-refractivity contribution in [3.63, 3.8) is 0 Å². The highest BCUT2D eigenvalue weighted by molar-refractivity contribution is 6.01. The number of hydrogen-bond acceptors (Lipinski definition) is 5. The number of carbonyl (C=O) groups excluding carboxylic acids is 2. The average Bonchev–Trinajstić information content (AvgIpc) is 2.74. The minimum atomic E-state index is -0.589. The summed E-state index contributed by atoms with van der Waals surface area (Å²) in [5.41, 5.74) is 18.6. The van der Waals surface area contributed by atoms with Crippen molar-refractivity contribution in [1.82, 2.24) is 0 Å². The summed E-state index contributed by atoms with van der Waals surface area (Å²) in [6.07, 6.45) is -0.113. The van der Waals surface area contributed by atoms with Crippen LogP contribution in [0.5, 0.6) is 5.75 Å². The number of amidine groups is 1. The van der Waals surface area contributed by atoms with Gasteiger partial charge in [0.25, 0.3) is 0 Å². The van der Waals surface area contributed by atoms with Crippen molar-refractivity contribution in [1.29, 1.82) is 5.41 Å². The van der Waals surface area contributed by atoms with Crippen LogP contribution in [0, 0.1) is 5.41 Å². The number of esters is 1. The summed E-state index contributed by atoms with van der Waals surface area (Å²) in [6.45, 7) is 0. The number of ether oxygens (including phenoxy) is 1. The van der Waals surface area contributed by atoms with Gasteiger partial charge in [-0.15, -0.1) is 24.8 Å². The van der Waals surface area contributed by atoms with Gasteiger partial charge in [-0.3, -0.25) is 15.2 Å². The normalized spacial score (nSPS) is 10.5. The van der Waals surface area contributed by atoms with Crippen molar-refractivity contribution in [2.45, 2.75) is 6.42 Å². The molecule has 3 aromatic rings. The molecule has 33 heavy (non-hydrogen) atoms. The average molecular weight is 491 g/mol. The van der Waals surface area contributed by atoms with E-state index in [-0.39, 0.29) is 48.8 Å². The molecule has 0 unspecified atom stereocenters. The van der Waals surface area contributed by atoms with Gasteiger partial charge in [0.05, 0.1) is 12.0 Å². The first-order valence-electron chi connectivity index (χ1n) is 9.28. The van der Waals surface area contributed by atoms with E-state index in [0.717, 1.165) is 5.39 Å². The number of halogens is 2. The summed E-state index contributed by atoms with van der Waals surface area (Å²) < 4.78 is 5.58. The van der Waals surface area contributed by atoms with E-state index in [0.29, 0.717) is 27.8 Å². The van der Waals surface area contributed by atoms with Crippen LogP contribution in [0.4, 0.5) is 5.69 Å². The van der Waals surface area contributed by atoms with E-state index in [1.54, 1.807) is 61.6 Å². The predicted molar refractivity (Wildman–Crippen MR) is 135 cm³/mol. The van der Waals surface area contributed by atoms with Crippen LogP contribution in [0.25, 0.3) is 10.8 Å². The van der Waals surface area contributed by atoms with Gasteiger partial charge in [0.2, 0.25) is 5.91 Å². The molecule has 8 N–H and O–H groups in total. The summed E-state index contributed by atoms with van der Waals surface area (Å²) in [5, 5.41) is 11.9. The highest BCUT2D eigenvalue weighted by atomic mass is 35.5. The topological polar surface area (TPSA) is 170 Å². The molecule has 11 heteroatoms. The van der Waals surface area contributed by atoms with Gasteiger partial charge in [-0.05, 0) is 47.2 Å². The Morgan fingerprint density at radius 2 is 1.61 bits per heavy atom. The standard InChI is InChI=1S/C22H22N6O3.2ClH/c1-27-22(26)28-15-6-2-12(3-7-15)21(30)31-18-9-5-13-10-14(20(24)25)4-8-16(13)17(18)11-19(23)29;;/h2-10H,11H2,1H3,(H2,23,29)(H3,24,25)(H3,26,27,28);2*1H. The Labute approximate surface area is 202 Å². The zero-order valence-electron chi connectivity index (χ0n) is 17.6. The maximum Gasteiger partial charge on any atom is 0.343 e. The van der Waals surface area contributed by atoms with Gasteiger partial charge >= 0.3 is 5.97 Å². The van der Waals surface area contributed by atoms with Crippen molar-refractivity contribution >= 4 is 64.9 Å². The van der Waals surface area contributed by atoms with E-state index in [9.17, 15) is 9.59 Å². The van der Waals surface area contributed by atoms with Gasteiger partial charge in [0.1, 0.15) is 11.6 Å². The van der Waals surface area contributed by atoms with Crippen LogP contribution in [0.15, 0.2) is 59.6 Å². The van der Waals surface area contributed by atoms with Gasteiger partial charge in [-0.2, -0.15) is 0 Å². The van der Waals surface area contributed by atoms with Gasteiger partial charge < -0.3 is 27.3 Å². The van der Waals surface area contributed by atoms with Gasteiger partial charge in [0, 0.05) is 23.9 Å². The minimum absolute atomic E-state index is 0. The predicted octanol–water partition coefficient (Wildman–Crippen LogP) is 2.57. The number of benzene rings is 3. The van der Waals surface area contributed by atoms with Crippen LogP contribution in [-0.4, -0.2) is 30.7 Å². The molecule has 0 aliphatic carbocycles. The number of hydrogen-bond donors (Lipinski definition) is 5. The molecular weight excluding hydrogens is 467 g/mol. The molecule has 0 aliphatic heterocycles. The Kier molecular flexibility index (Phi) is 9.65. The van der Waals surface area contributed by atoms with Gasteiger partial charge in [0.15, 0.2) is 5.96 Å². The van der Waals surface area contributed by atoms with Crippen LogP contribution in [0.3, 0.4) is 0 Å². The number of nitrogen functional groups attached to an aromatic ring is 1. The van der Waals surface area contributed by atoms with Crippen LogP contribution in [-0.2, 0) is 11.2 Å². The second-order valence-electron chi connectivity index (χ2n) is 6.74. The third kappa shape index (κ3) is 6.58.